The highest BCUT2D eigenvalue weighted by atomic mass is 16.5. The Morgan fingerprint density at radius 2 is 1.70 bits per heavy atom. The molecule has 1 aromatic heterocycles. The Labute approximate surface area is 176 Å². The first-order chi connectivity index (χ1) is 14.7. The number of hydrogen-bond acceptors (Lipinski definition) is 3. The van der Waals surface area contributed by atoms with Crippen molar-refractivity contribution in [3.8, 4) is 5.75 Å². The molecule has 5 nitrogen and oxygen atoms in total. The highest BCUT2D eigenvalue weighted by Gasteiger charge is 2.12. The minimum Gasteiger partial charge on any atom is -0.484 e. The topological polar surface area (TPSA) is 56.1 Å². The number of imidazole rings is 1. The van der Waals surface area contributed by atoms with Crippen molar-refractivity contribution in [3.05, 3.63) is 95.8 Å². The number of hydrogen-bond donors (Lipinski definition) is 1. The van der Waals surface area contributed by atoms with Gasteiger partial charge >= 0.3 is 0 Å². The van der Waals surface area contributed by atoms with Gasteiger partial charge in [0.2, 0.25) is 0 Å². The van der Waals surface area contributed by atoms with Crippen LogP contribution in [-0.4, -0.2) is 22.1 Å². The second-order valence-electron chi connectivity index (χ2n) is 7.28. The minimum atomic E-state index is -0.169. The van der Waals surface area contributed by atoms with E-state index < -0.39 is 0 Å². The van der Waals surface area contributed by atoms with E-state index in [1.165, 1.54) is 5.56 Å². The highest BCUT2D eigenvalue weighted by Crippen LogP contribution is 2.17. The van der Waals surface area contributed by atoms with Gasteiger partial charge in [-0.3, -0.25) is 4.79 Å². The minimum absolute atomic E-state index is 0.0205. The van der Waals surface area contributed by atoms with Crippen LogP contribution in [0.5, 0.6) is 5.75 Å². The number of para-hydroxylation sites is 2. The molecule has 0 atom stereocenters. The SMILES string of the molecule is Cc1ccc(OCC(=O)NCc2nc3ccccc3n2CCc2ccccc2)cc1. The zero-order valence-electron chi connectivity index (χ0n) is 17.0. The summed E-state index contributed by atoms with van der Waals surface area (Å²) in [7, 11) is 0. The number of amides is 1. The lowest BCUT2D eigenvalue weighted by molar-refractivity contribution is -0.123. The number of ether oxygens (including phenoxy) is 1. The summed E-state index contributed by atoms with van der Waals surface area (Å²) in [4.78, 5) is 17.0. The molecule has 1 amide bonds. The van der Waals surface area contributed by atoms with Crippen molar-refractivity contribution in [1.29, 1.82) is 0 Å². The second-order valence-corrected chi connectivity index (χ2v) is 7.28. The van der Waals surface area contributed by atoms with Gasteiger partial charge in [0.1, 0.15) is 11.6 Å². The Bertz CT molecular complexity index is 1120. The summed E-state index contributed by atoms with van der Waals surface area (Å²) in [5.41, 5.74) is 4.44. The zero-order chi connectivity index (χ0) is 20.8. The molecule has 0 saturated heterocycles. The van der Waals surface area contributed by atoms with Crippen LogP contribution in [0.2, 0.25) is 0 Å². The number of carbonyl (C=O) groups excluding carboxylic acids is 1. The zero-order valence-corrected chi connectivity index (χ0v) is 17.0. The molecule has 5 heteroatoms. The maximum Gasteiger partial charge on any atom is 0.258 e. The molecule has 0 bridgehead atoms. The Balaban J connectivity index is 1.41. The molecule has 3 aromatic carbocycles. The van der Waals surface area contributed by atoms with E-state index in [2.05, 4.69) is 40.2 Å². The molecule has 152 valence electrons. The van der Waals surface area contributed by atoms with E-state index in [0.717, 1.165) is 35.4 Å². The van der Waals surface area contributed by atoms with Gasteiger partial charge in [0.25, 0.3) is 5.91 Å². The quantitative estimate of drug-likeness (QED) is 0.481. The summed E-state index contributed by atoms with van der Waals surface area (Å²) in [5.74, 6) is 1.36. The number of benzene rings is 3. The predicted octanol–water partition coefficient (Wildman–Crippen LogP) is 4.28. The molecule has 1 N–H and O–H groups in total. The number of aryl methyl sites for hydroxylation is 3. The van der Waals surface area contributed by atoms with E-state index in [0.29, 0.717) is 12.3 Å². The summed E-state index contributed by atoms with van der Waals surface area (Å²) in [6, 6.07) is 26.1. The largest absolute Gasteiger partial charge is 0.484 e. The van der Waals surface area contributed by atoms with Crippen LogP contribution in [-0.2, 0) is 24.3 Å². The van der Waals surface area contributed by atoms with Crippen molar-refractivity contribution < 1.29 is 9.53 Å². The Morgan fingerprint density at radius 3 is 2.50 bits per heavy atom. The lowest BCUT2D eigenvalue weighted by Gasteiger charge is -2.11. The molecule has 0 spiro atoms. The van der Waals surface area contributed by atoms with Gasteiger partial charge in [-0.25, -0.2) is 4.98 Å². The molecule has 1 heterocycles. The van der Waals surface area contributed by atoms with Crippen LogP contribution in [0.25, 0.3) is 11.0 Å². The molecule has 0 aliphatic heterocycles. The molecular formula is C25H25N3O2. The Morgan fingerprint density at radius 1 is 0.967 bits per heavy atom. The molecular weight excluding hydrogens is 374 g/mol. The van der Waals surface area contributed by atoms with Gasteiger partial charge in [0, 0.05) is 6.54 Å². The van der Waals surface area contributed by atoms with Crippen LogP contribution in [0.3, 0.4) is 0 Å². The molecule has 30 heavy (non-hydrogen) atoms. The second kappa shape index (κ2) is 9.27. The molecule has 0 radical (unpaired) electrons. The molecule has 0 saturated carbocycles. The van der Waals surface area contributed by atoms with Gasteiger partial charge in [-0.1, -0.05) is 60.2 Å². The number of rotatable bonds is 8. The third-order valence-corrected chi connectivity index (χ3v) is 5.04. The van der Waals surface area contributed by atoms with Crippen molar-refractivity contribution in [3.63, 3.8) is 0 Å². The average molecular weight is 399 g/mol. The summed E-state index contributed by atoms with van der Waals surface area (Å²) >= 11 is 0. The van der Waals surface area contributed by atoms with E-state index in [1.54, 1.807) is 0 Å². The standard InChI is InChI=1S/C25H25N3O2/c1-19-11-13-21(14-12-19)30-18-25(29)26-17-24-27-22-9-5-6-10-23(22)28(24)16-15-20-7-3-2-4-8-20/h2-14H,15-18H2,1H3,(H,26,29). The van der Waals surface area contributed by atoms with Crippen molar-refractivity contribution >= 4 is 16.9 Å². The van der Waals surface area contributed by atoms with E-state index in [9.17, 15) is 4.79 Å². The molecule has 0 aliphatic rings. The summed E-state index contributed by atoms with van der Waals surface area (Å²) < 4.78 is 7.75. The van der Waals surface area contributed by atoms with Crippen molar-refractivity contribution in [2.45, 2.75) is 26.4 Å². The lowest BCUT2D eigenvalue weighted by Crippen LogP contribution is -2.29. The Hall–Kier alpha value is -3.60. The van der Waals surface area contributed by atoms with E-state index >= 15 is 0 Å². The van der Waals surface area contributed by atoms with Gasteiger partial charge in [0.05, 0.1) is 17.6 Å². The van der Waals surface area contributed by atoms with Crippen LogP contribution < -0.4 is 10.1 Å². The van der Waals surface area contributed by atoms with E-state index in [-0.39, 0.29) is 12.5 Å². The fraction of sp³-hybridized carbons (Fsp3) is 0.200. The van der Waals surface area contributed by atoms with E-state index in [1.807, 2.05) is 55.5 Å². The number of carbonyl (C=O) groups is 1. The number of aromatic nitrogens is 2. The van der Waals surface area contributed by atoms with Crippen LogP contribution in [0, 0.1) is 6.92 Å². The molecule has 4 rings (SSSR count). The van der Waals surface area contributed by atoms with Gasteiger partial charge in [0.15, 0.2) is 6.61 Å². The van der Waals surface area contributed by atoms with Crippen LogP contribution in [0.4, 0.5) is 0 Å². The Kier molecular flexibility index (Phi) is 6.09. The van der Waals surface area contributed by atoms with Gasteiger partial charge < -0.3 is 14.6 Å². The smallest absolute Gasteiger partial charge is 0.258 e. The number of nitrogens with one attached hydrogen (secondary N) is 1. The number of nitrogens with zero attached hydrogens (tertiary/aromatic N) is 2. The third kappa shape index (κ3) is 4.87. The van der Waals surface area contributed by atoms with E-state index in [4.69, 9.17) is 9.72 Å². The summed E-state index contributed by atoms with van der Waals surface area (Å²) in [5, 5.41) is 2.93. The first kappa shape index (κ1) is 19.7. The van der Waals surface area contributed by atoms with Crippen molar-refractivity contribution in [2.75, 3.05) is 6.61 Å². The monoisotopic (exact) mass is 399 g/mol. The molecule has 0 aliphatic carbocycles. The van der Waals surface area contributed by atoms with Gasteiger partial charge in [-0.05, 0) is 43.2 Å². The fourth-order valence-electron chi connectivity index (χ4n) is 3.41. The molecule has 4 aromatic rings. The average Bonchev–Trinajstić information content (AvgIpc) is 3.14. The molecule has 0 fully saturated rings. The maximum absolute atomic E-state index is 12.3. The lowest BCUT2D eigenvalue weighted by atomic mass is 10.1. The number of fused-ring (bicyclic) bond motifs is 1. The molecule has 0 unspecified atom stereocenters. The van der Waals surface area contributed by atoms with Crippen molar-refractivity contribution in [1.82, 2.24) is 14.9 Å². The van der Waals surface area contributed by atoms with Crippen LogP contribution in [0.1, 0.15) is 17.0 Å². The van der Waals surface area contributed by atoms with Gasteiger partial charge in [-0.15, -0.1) is 0 Å². The first-order valence-electron chi connectivity index (χ1n) is 10.1. The van der Waals surface area contributed by atoms with Gasteiger partial charge in [-0.2, -0.15) is 0 Å². The predicted molar refractivity (Wildman–Crippen MR) is 118 cm³/mol. The first-order valence-corrected chi connectivity index (χ1v) is 10.1. The fourth-order valence-corrected chi connectivity index (χ4v) is 3.41. The van der Waals surface area contributed by atoms with Crippen molar-refractivity contribution in [2.24, 2.45) is 0 Å². The maximum atomic E-state index is 12.3. The normalized spacial score (nSPS) is 10.8. The summed E-state index contributed by atoms with van der Waals surface area (Å²) in [6.07, 6.45) is 0.901. The third-order valence-electron chi connectivity index (χ3n) is 5.04. The van der Waals surface area contributed by atoms with Crippen LogP contribution >= 0.6 is 0 Å². The summed E-state index contributed by atoms with van der Waals surface area (Å²) in [6.45, 7) is 3.16. The van der Waals surface area contributed by atoms with Crippen LogP contribution in [0.15, 0.2) is 78.9 Å². The highest BCUT2D eigenvalue weighted by molar-refractivity contribution is 5.78.